The van der Waals surface area contributed by atoms with Crippen molar-refractivity contribution in [1.29, 1.82) is 0 Å². The topological polar surface area (TPSA) is 107 Å². The van der Waals surface area contributed by atoms with Gasteiger partial charge in [0.15, 0.2) is 11.5 Å². The molecule has 0 saturated carbocycles. The summed E-state index contributed by atoms with van der Waals surface area (Å²) in [7, 11) is 3.17. The zero-order valence-corrected chi connectivity index (χ0v) is 25.2. The highest BCUT2D eigenvalue weighted by molar-refractivity contribution is 5.79. The van der Waals surface area contributed by atoms with Crippen LogP contribution in [0, 0.1) is 5.92 Å². The van der Waals surface area contributed by atoms with E-state index in [-0.39, 0.29) is 25.9 Å². The lowest BCUT2D eigenvalue weighted by Crippen LogP contribution is -2.42. The lowest BCUT2D eigenvalue weighted by atomic mass is 9.82. The van der Waals surface area contributed by atoms with E-state index in [9.17, 15) is 14.7 Å². The van der Waals surface area contributed by atoms with Crippen LogP contribution in [0.4, 0.5) is 0 Å². The van der Waals surface area contributed by atoms with Crippen molar-refractivity contribution in [3.63, 3.8) is 0 Å². The van der Waals surface area contributed by atoms with Gasteiger partial charge in [-0.1, -0.05) is 38.8 Å². The standard InChI is InChI=1S/C32H44N2O8/c1-5-7-13-33(14-8-6-2)29(35)20-34-19-25(22-9-12-26-28(17-22)42-21-41-26)30(32(36)37)31(34)24-11-10-23(39-4)18-27(24)40-16-15-38-3/h9-12,17-18,25,30-31H,5-8,13-16,19-21H2,1-4H3,(H,36,37). The number of aliphatic carboxylic acids is 1. The Balaban J connectivity index is 1.75. The van der Waals surface area contributed by atoms with Gasteiger partial charge >= 0.3 is 5.97 Å². The summed E-state index contributed by atoms with van der Waals surface area (Å²) in [5, 5.41) is 10.7. The van der Waals surface area contributed by atoms with Crippen molar-refractivity contribution < 1.29 is 38.4 Å². The average molecular weight is 585 g/mol. The molecule has 4 rings (SSSR count). The molecule has 1 N–H and O–H groups in total. The number of rotatable bonds is 16. The molecule has 2 aromatic carbocycles. The molecule has 0 aromatic heterocycles. The minimum absolute atomic E-state index is 0.00717. The summed E-state index contributed by atoms with van der Waals surface area (Å²) < 4.78 is 27.9. The number of hydrogen-bond donors (Lipinski definition) is 1. The number of nitrogens with zero attached hydrogens (tertiary/aromatic N) is 2. The van der Waals surface area contributed by atoms with E-state index in [1.807, 2.05) is 34.1 Å². The zero-order chi connectivity index (χ0) is 30.1. The molecule has 3 unspecified atom stereocenters. The molecule has 2 aromatic rings. The smallest absolute Gasteiger partial charge is 0.309 e. The molecule has 1 amide bonds. The Morgan fingerprint density at radius 2 is 1.74 bits per heavy atom. The van der Waals surface area contributed by atoms with E-state index in [0.717, 1.165) is 31.2 Å². The fraction of sp³-hybridized carbons (Fsp3) is 0.562. The number of amides is 1. The van der Waals surface area contributed by atoms with E-state index >= 15 is 0 Å². The van der Waals surface area contributed by atoms with Gasteiger partial charge in [-0.2, -0.15) is 0 Å². The molecular weight excluding hydrogens is 540 g/mol. The monoisotopic (exact) mass is 584 g/mol. The van der Waals surface area contributed by atoms with Crippen LogP contribution in [0.15, 0.2) is 36.4 Å². The van der Waals surface area contributed by atoms with E-state index in [0.29, 0.717) is 54.8 Å². The van der Waals surface area contributed by atoms with E-state index < -0.39 is 23.8 Å². The van der Waals surface area contributed by atoms with Crippen LogP contribution in [0.5, 0.6) is 23.0 Å². The number of likely N-dealkylation sites (tertiary alicyclic amines) is 1. The Morgan fingerprint density at radius 3 is 2.40 bits per heavy atom. The third-order valence-corrected chi connectivity index (χ3v) is 8.05. The summed E-state index contributed by atoms with van der Waals surface area (Å²) in [5.74, 6) is 0.161. The summed E-state index contributed by atoms with van der Waals surface area (Å²) in [4.78, 5) is 30.8. The van der Waals surface area contributed by atoms with Crippen molar-refractivity contribution >= 4 is 11.9 Å². The number of carboxylic acid groups (broad SMARTS) is 1. The maximum Gasteiger partial charge on any atom is 0.309 e. The van der Waals surface area contributed by atoms with Gasteiger partial charge in [-0.3, -0.25) is 14.5 Å². The largest absolute Gasteiger partial charge is 0.497 e. The number of methoxy groups -OCH3 is 2. The van der Waals surface area contributed by atoms with Crippen molar-refractivity contribution in [3.8, 4) is 23.0 Å². The van der Waals surface area contributed by atoms with Crippen molar-refractivity contribution in [2.45, 2.75) is 51.5 Å². The summed E-state index contributed by atoms with van der Waals surface area (Å²) in [5.41, 5.74) is 1.53. The molecule has 10 nitrogen and oxygen atoms in total. The van der Waals surface area contributed by atoms with Crippen LogP contribution in [-0.2, 0) is 14.3 Å². The molecule has 0 radical (unpaired) electrons. The number of carbonyl (C=O) groups excluding carboxylic acids is 1. The maximum atomic E-state index is 13.8. The molecule has 0 aliphatic carbocycles. The molecule has 1 fully saturated rings. The third-order valence-electron chi connectivity index (χ3n) is 8.05. The first-order valence-corrected chi connectivity index (χ1v) is 14.9. The van der Waals surface area contributed by atoms with Gasteiger partial charge in [0.25, 0.3) is 0 Å². The Morgan fingerprint density at radius 1 is 1.00 bits per heavy atom. The maximum absolute atomic E-state index is 13.8. The van der Waals surface area contributed by atoms with Crippen molar-refractivity contribution in [2.24, 2.45) is 5.92 Å². The Kier molecular flexibility index (Phi) is 11.3. The second-order valence-corrected chi connectivity index (χ2v) is 10.8. The first-order chi connectivity index (χ1) is 20.4. The fourth-order valence-corrected chi connectivity index (χ4v) is 5.82. The number of benzene rings is 2. The second-order valence-electron chi connectivity index (χ2n) is 10.8. The Hall–Kier alpha value is -3.50. The van der Waals surface area contributed by atoms with Gasteiger partial charge in [0.05, 0.1) is 32.2 Å². The predicted molar refractivity (Wildman–Crippen MR) is 158 cm³/mol. The minimum Gasteiger partial charge on any atom is -0.497 e. The van der Waals surface area contributed by atoms with E-state index in [1.165, 1.54) is 0 Å². The fourth-order valence-electron chi connectivity index (χ4n) is 5.82. The number of carboxylic acids is 1. The Bertz CT molecular complexity index is 1200. The van der Waals surface area contributed by atoms with Gasteiger partial charge in [-0.15, -0.1) is 0 Å². The van der Waals surface area contributed by atoms with Crippen LogP contribution in [0.2, 0.25) is 0 Å². The summed E-state index contributed by atoms with van der Waals surface area (Å²) in [6.07, 6.45) is 3.83. The molecule has 2 aliphatic rings. The van der Waals surface area contributed by atoms with Crippen molar-refractivity contribution in [2.75, 3.05) is 60.4 Å². The van der Waals surface area contributed by atoms with Crippen molar-refractivity contribution in [3.05, 3.63) is 47.5 Å². The quantitative estimate of drug-likeness (QED) is 0.281. The molecular formula is C32H44N2O8. The highest BCUT2D eigenvalue weighted by Crippen LogP contribution is 2.50. The number of fused-ring (bicyclic) bond motifs is 1. The molecule has 2 heterocycles. The Labute approximate surface area is 248 Å². The average Bonchev–Trinajstić information content (AvgIpc) is 3.61. The van der Waals surface area contributed by atoms with E-state index in [2.05, 4.69) is 13.8 Å². The summed E-state index contributed by atoms with van der Waals surface area (Å²) >= 11 is 0. The lowest BCUT2D eigenvalue weighted by Gasteiger charge is -2.31. The van der Waals surface area contributed by atoms with Crippen molar-refractivity contribution in [1.82, 2.24) is 9.80 Å². The normalized spacial score (nSPS) is 19.6. The van der Waals surface area contributed by atoms with Gasteiger partial charge < -0.3 is 33.7 Å². The number of carbonyl (C=O) groups is 2. The zero-order valence-electron chi connectivity index (χ0n) is 25.2. The molecule has 42 heavy (non-hydrogen) atoms. The molecule has 230 valence electrons. The van der Waals surface area contributed by atoms with Crippen LogP contribution < -0.4 is 18.9 Å². The van der Waals surface area contributed by atoms with Gasteiger partial charge in [0, 0.05) is 44.3 Å². The molecule has 1 saturated heterocycles. The predicted octanol–water partition coefficient (Wildman–Crippen LogP) is 4.72. The minimum atomic E-state index is -0.940. The highest BCUT2D eigenvalue weighted by Gasteiger charge is 2.49. The summed E-state index contributed by atoms with van der Waals surface area (Å²) in [6, 6.07) is 10.4. The highest BCUT2D eigenvalue weighted by atomic mass is 16.7. The van der Waals surface area contributed by atoms with Crippen LogP contribution >= 0.6 is 0 Å². The SMILES string of the molecule is CCCCN(CCCC)C(=O)CN1CC(c2ccc3c(c2)OCO3)C(C(=O)O)C1c1ccc(OC)cc1OCCOC. The van der Waals surface area contributed by atoms with Crippen LogP contribution in [0.1, 0.15) is 62.6 Å². The molecule has 10 heteroatoms. The van der Waals surface area contributed by atoms with Gasteiger partial charge in [0.1, 0.15) is 18.1 Å². The molecule has 3 atom stereocenters. The molecule has 2 aliphatic heterocycles. The van der Waals surface area contributed by atoms with E-state index in [4.69, 9.17) is 23.7 Å². The van der Waals surface area contributed by atoms with Gasteiger partial charge in [-0.05, 0) is 36.6 Å². The number of hydrogen-bond acceptors (Lipinski definition) is 8. The molecule has 0 spiro atoms. The summed E-state index contributed by atoms with van der Waals surface area (Å²) in [6.45, 7) is 6.88. The van der Waals surface area contributed by atoms with Gasteiger partial charge in [-0.25, -0.2) is 0 Å². The first-order valence-electron chi connectivity index (χ1n) is 14.9. The van der Waals surface area contributed by atoms with Crippen LogP contribution in [-0.4, -0.2) is 87.2 Å². The third kappa shape index (κ3) is 7.28. The van der Waals surface area contributed by atoms with Crippen LogP contribution in [0.25, 0.3) is 0 Å². The number of unbranched alkanes of at least 4 members (excludes halogenated alkanes) is 2. The number of ether oxygens (including phenoxy) is 5. The van der Waals surface area contributed by atoms with Gasteiger partial charge in [0.2, 0.25) is 12.7 Å². The van der Waals surface area contributed by atoms with Crippen LogP contribution in [0.3, 0.4) is 0 Å². The molecule has 0 bridgehead atoms. The lowest BCUT2D eigenvalue weighted by molar-refractivity contribution is -0.144. The first kappa shape index (κ1) is 31.4. The van der Waals surface area contributed by atoms with E-state index in [1.54, 1.807) is 26.4 Å². The second kappa shape index (κ2) is 15.1.